The summed E-state index contributed by atoms with van der Waals surface area (Å²) < 4.78 is 0. The minimum Gasteiger partial charge on any atom is -0.506 e. The van der Waals surface area contributed by atoms with Crippen LogP contribution in [0.15, 0.2) is 48.5 Å². The van der Waals surface area contributed by atoms with Crippen LogP contribution < -0.4 is 10.2 Å². The lowest BCUT2D eigenvalue weighted by molar-refractivity contribution is -0.123. The van der Waals surface area contributed by atoms with Gasteiger partial charge in [-0.15, -0.1) is 0 Å². The van der Waals surface area contributed by atoms with Gasteiger partial charge in [-0.2, -0.15) is 0 Å². The minimum absolute atomic E-state index is 0.0240. The number of benzene rings is 2. The van der Waals surface area contributed by atoms with Gasteiger partial charge in [0.25, 0.3) is 0 Å². The van der Waals surface area contributed by atoms with Crippen LogP contribution >= 0.6 is 0 Å². The van der Waals surface area contributed by atoms with Gasteiger partial charge in [-0.3, -0.25) is 9.69 Å². The molecule has 1 amide bonds. The van der Waals surface area contributed by atoms with E-state index in [4.69, 9.17) is 0 Å². The molecule has 0 aliphatic carbocycles. The van der Waals surface area contributed by atoms with Gasteiger partial charge in [0.2, 0.25) is 5.91 Å². The quantitative estimate of drug-likeness (QED) is 0.752. The number of hydrogen-bond donors (Lipinski definition) is 2. The summed E-state index contributed by atoms with van der Waals surface area (Å²) in [6.45, 7) is 10.1. The largest absolute Gasteiger partial charge is 0.506 e. The molecule has 1 saturated heterocycles. The molecule has 1 atom stereocenters. The van der Waals surface area contributed by atoms with Crippen molar-refractivity contribution in [3.8, 4) is 5.75 Å². The van der Waals surface area contributed by atoms with Crippen LogP contribution in [0, 0.1) is 5.92 Å². The first-order valence-corrected chi connectivity index (χ1v) is 10.6. The van der Waals surface area contributed by atoms with Crippen LogP contribution in [0.4, 0.5) is 5.69 Å². The lowest BCUT2D eigenvalue weighted by Gasteiger charge is -2.36. The van der Waals surface area contributed by atoms with Crippen molar-refractivity contribution in [1.82, 2.24) is 10.2 Å². The lowest BCUT2D eigenvalue weighted by atomic mass is 9.95. The Morgan fingerprint density at radius 3 is 2.28 bits per heavy atom. The fourth-order valence-corrected chi connectivity index (χ4v) is 3.90. The summed E-state index contributed by atoms with van der Waals surface area (Å²) in [6, 6.07) is 16.0. The standard InChI is InChI=1S/C24H33N3O2/c1-4-19-9-11-20(12-10-19)24(18(2)3)25-23(29)17-26-13-15-27(16-14-26)21-7-5-6-8-22(21)28/h5-12,18,24,28H,4,13-17H2,1-3H3,(H,25,29)/t24-/m1/s1. The topological polar surface area (TPSA) is 55.8 Å². The molecule has 0 saturated carbocycles. The first-order valence-electron chi connectivity index (χ1n) is 10.6. The molecule has 0 bridgehead atoms. The monoisotopic (exact) mass is 395 g/mol. The fourth-order valence-electron chi connectivity index (χ4n) is 3.90. The highest BCUT2D eigenvalue weighted by Gasteiger charge is 2.23. The van der Waals surface area contributed by atoms with E-state index in [-0.39, 0.29) is 11.9 Å². The number of hydrogen-bond acceptors (Lipinski definition) is 4. The Hall–Kier alpha value is -2.53. The van der Waals surface area contributed by atoms with Crippen LogP contribution in [0.5, 0.6) is 5.75 Å². The van der Waals surface area contributed by atoms with Crippen molar-refractivity contribution < 1.29 is 9.90 Å². The normalized spacial score (nSPS) is 16.1. The van der Waals surface area contributed by atoms with Gasteiger partial charge in [0.05, 0.1) is 18.3 Å². The maximum Gasteiger partial charge on any atom is 0.234 e. The van der Waals surface area contributed by atoms with Crippen molar-refractivity contribution in [2.75, 3.05) is 37.6 Å². The van der Waals surface area contributed by atoms with Crippen LogP contribution in [-0.2, 0) is 11.2 Å². The highest BCUT2D eigenvalue weighted by molar-refractivity contribution is 5.78. The first kappa shape index (κ1) is 21.2. The highest BCUT2D eigenvalue weighted by Crippen LogP contribution is 2.27. The van der Waals surface area contributed by atoms with E-state index in [0.717, 1.165) is 43.9 Å². The molecule has 1 aliphatic rings. The molecule has 2 aromatic rings. The average Bonchev–Trinajstić information content (AvgIpc) is 2.73. The molecule has 2 N–H and O–H groups in total. The van der Waals surface area contributed by atoms with E-state index < -0.39 is 0 Å². The van der Waals surface area contributed by atoms with Crippen molar-refractivity contribution in [3.63, 3.8) is 0 Å². The third-order valence-electron chi connectivity index (χ3n) is 5.69. The molecule has 0 unspecified atom stereocenters. The van der Waals surface area contributed by atoms with Gasteiger partial charge in [0.15, 0.2) is 0 Å². The number of phenolic OH excluding ortho intramolecular Hbond substituents is 1. The molecule has 1 aliphatic heterocycles. The molecular formula is C24H33N3O2. The van der Waals surface area contributed by atoms with E-state index >= 15 is 0 Å². The molecule has 1 heterocycles. The number of aromatic hydroxyl groups is 1. The van der Waals surface area contributed by atoms with E-state index in [2.05, 4.69) is 60.2 Å². The molecule has 156 valence electrons. The van der Waals surface area contributed by atoms with E-state index in [9.17, 15) is 9.90 Å². The van der Waals surface area contributed by atoms with Crippen LogP contribution in [0.3, 0.4) is 0 Å². The first-order chi connectivity index (χ1) is 14.0. The number of nitrogens with one attached hydrogen (secondary N) is 1. The van der Waals surface area contributed by atoms with Crippen LogP contribution in [-0.4, -0.2) is 48.6 Å². The molecule has 3 rings (SSSR count). The van der Waals surface area contributed by atoms with Crippen LogP contribution in [0.2, 0.25) is 0 Å². The molecule has 2 aromatic carbocycles. The number of piperazine rings is 1. The van der Waals surface area contributed by atoms with E-state index in [1.54, 1.807) is 6.07 Å². The zero-order chi connectivity index (χ0) is 20.8. The number of nitrogens with zero attached hydrogens (tertiary/aromatic N) is 2. The molecule has 29 heavy (non-hydrogen) atoms. The summed E-state index contributed by atoms with van der Waals surface area (Å²) in [7, 11) is 0. The minimum atomic E-state index is 0.0240. The summed E-state index contributed by atoms with van der Waals surface area (Å²) in [4.78, 5) is 17.1. The average molecular weight is 396 g/mol. The van der Waals surface area contributed by atoms with Gasteiger partial charge in [-0.1, -0.05) is 57.2 Å². The van der Waals surface area contributed by atoms with Gasteiger partial charge in [0, 0.05) is 26.2 Å². The molecule has 5 nitrogen and oxygen atoms in total. The van der Waals surface area contributed by atoms with Crippen LogP contribution in [0.1, 0.15) is 37.9 Å². The Morgan fingerprint density at radius 2 is 1.69 bits per heavy atom. The van der Waals surface area contributed by atoms with Crippen molar-refractivity contribution in [2.45, 2.75) is 33.2 Å². The zero-order valence-electron chi connectivity index (χ0n) is 17.8. The number of phenols is 1. The molecule has 0 aromatic heterocycles. The Balaban J connectivity index is 1.53. The number of carbonyl (C=O) groups is 1. The summed E-state index contributed by atoms with van der Waals surface area (Å²) >= 11 is 0. The lowest BCUT2D eigenvalue weighted by Crippen LogP contribution is -2.50. The van der Waals surface area contributed by atoms with Gasteiger partial charge >= 0.3 is 0 Å². The van der Waals surface area contributed by atoms with Crippen molar-refractivity contribution in [2.24, 2.45) is 5.92 Å². The Kier molecular flexibility index (Phi) is 7.15. The number of anilines is 1. The number of amides is 1. The molecule has 1 fully saturated rings. The molecular weight excluding hydrogens is 362 g/mol. The Bertz CT molecular complexity index is 796. The fraction of sp³-hybridized carbons (Fsp3) is 0.458. The maximum absolute atomic E-state index is 12.7. The van der Waals surface area contributed by atoms with E-state index in [1.807, 2.05) is 18.2 Å². The highest BCUT2D eigenvalue weighted by atomic mass is 16.3. The third-order valence-corrected chi connectivity index (χ3v) is 5.69. The smallest absolute Gasteiger partial charge is 0.234 e. The molecule has 5 heteroatoms. The van der Waals surface area contributed by atoms with E-state index in [1.165, 1.54) is 5.56 Å². The zero-order valence-corrected chi connectivity index (χ0v) is 17.8. The summed E-state index contributed by atoms with van der Waals surface area (Å²) in [6.07, 6.45) is 1.02. The summed E-state index contributed by atoms with van der Waals surface area (Å²) in [5, 5.41) is 13.3. The number of rotatable bonds is 7. The summed E-state index contributed by atoms with van der Waals surface area (Å²) in [5.41, 5.74) is 3.34. The Labute approximate surface area is 174 Å². The second-order valence-electron chi connectivity index (χ2n) is 8.14. The van der Waals surface area contributed by atoms with Crippen molar-refractivity contribution in [3.05, 3.63) is 59.7 Å². The van der Waals surface area contributed by atoms with Gasteiger partial charge in [0.1, 0.15) is 5.75 Å². The molecule has 0 spiro atoms. The predicted octanol–water partition coefficient (Wildman–Crippen LogP) is 3.59. The van der Waals surface area contributed by atoms with Crippen LogP contribution in [0.25, 0.3) is 0 Å². The predicted molar refractivity (Wildman–Crippen MR) is 118 cm³/mol. The van der Waals surface area contributed by atoms with Crippen molar-refractivity contribution in [1.29, 1.82) is 0 Å². The number of aryl methyl sites for hydroxylation is 1. The van der Waals surface area contributed by atoms with Crippen molar-refractivity contribution >= 4 is 11.6 Å². The SMILES string of the molecule is CCc1ccc([C@H](NC(=O)CN2CCN(c3ccccc3O)CC2)C(C)C)cc1. The number of carbonyl (C=O) groups excluding carboxylic acids is 1. The summed E-state index contributed by atoms with van der Waals surface area (Å²) in [5.74, 6) is 0.705. The Morgan fingerprint density at radius 1 is 1.03 bits per heavy atom. The van der Waals surface area contributed by atoms with Gasteiger partial charge in [-0.25, -0.2) is 0 Å². The second kappa shape index (κ2) is 9.79. The second-order valence-corrected chi connectivity index (χ2v) is 8.14. The van der Waals surface area contributed by atoms with E-state index in [0.29, 0.717) is 18.2 Å². The van der Waals surface area contributed by atoms with Gasteiger partial charge < -0.3 is 15.3 Å². The maximum atomic E-state index is 12.7. The third kappa shape index (κ3) is 5.51. The number of para-hydroxylation sites is 2. The molecule has 0 radical (unpaired) electrons. The van der Waals surface area contributed by atoms with Gasteiger partial charge in [-0.05, 0) is 35.6 Å².